The molecule has 4 rings (SSSR count). The monoisotopic (exact) mass is 499 g/mol. The second-order valence-electron chi connectivity index (χ2n) is 6.79. The molecule has 0 fully saturated rings. The molecule has 0 saturated carbocycles. The Hall–Kier alpha value is -3.89. The van der Waals surface area contributed by atoms with Crippen LogP contribution in [0.25, 0.3) is 11.4 Å². The van der Waals surface area contributed by atoms with Gasteiger partial charge in [-0.2, -0.15) is 16.3 Å². The van der Waals surface area contributed by atoms with E-state index in [2.05, 4.69) is 15.5 Å². The van der Waals surface area contributed by atoms with Crippen LogP contribution in [-0.2, 0) is 11.3 Å². The van der Waals surface area contributed by atoms with Gasteiger partial charge >= 0.3 is 5.97 Å². The number of nitrogens with one attached hydrogen (secondary N) is 1. The summed E-state index contributed by atoms with van der Waals surface area (Å²) in [5.74, 6) is -0.147. The Morgan fingerprint density at radius 2 is 1.85 bits per heavy atom. The molecule has 11 heteroatoms. The fourth-order valence-electron chi connectivity index (χ4n) is 3.01. The summed E-state index contributed by atoms with van der Waals surface area (Å²) in [6.07, 6.45) is 0. The number of aromatic nitrogens is 2. The Balaban J connectivity index is 1.57. The second kappa shape index (κ2) is 10.4. The van der Waals surface area contributed by atoms with Crippen molar-refractivity contribution in [3.05, 3.63) is 75.3 Å². The van der Waals surface area contributed by atoms with Gasteiger partial charge in [0, 0.05) is 23.1 Å². The first-order valence-electron chi connectivity index (χ1n) is 9.84. The summed E-state index contributed by atoms with van der Waals surface area (Å²) in [5, 5.41) is 10.6. The minimum Gasteiger partial charge on any atom is -0.493 e. The second-order valence-corrected chi connectivity index (χ2v) is 7.97. The van der Waals surface area contributed by atoms with Gasteiger partial charge in [-0.3, -0.25) is 4.79 Å². The van der Waals surface area contributed by atoms with Crippen molar-refractivity contribution in [3.63, 3.8) is 0 Å². The number of halogens is 1. The number of hydrogen-bond acceptors (Lipinski definition) is 9. The summed E-state index contributed by atoms with van der Waals surface area (Å²) >= 11 is 7.63. The van der Waals surface area contributed by atoms with Gasteiger partial charge in [0.2, 0.25) is 5.82 Å². The maximum absolute atomic E-state index is 12.9. The Kier molecular flexibility index (Phi) is 7.09. The van der Waals surface area contributed by atoms with E-state index in [0.717, 1.165) is 5.56 Å². The number of carbonyl (C=O) groups excluding carboxylic acids is 2. The zero-order valence-corrected chi connectivity index (χ0v) is 19.6. The molecular formula is C23H18ClN3O6S. The Morgan fingerprint density at radius 1 is 1.09 bits per heavy atom. The maximum Gasteiger partial charge on any atom is 0.340 e. The quantitative estimate of drug-likeness (QED) is 0.334. The van der Waals surface area contributed by atoms with Crippen LogP contribution in [-0.4, -0.2) is 36.2 Å². The Labute approximate surface area is 203 Å². The maximum atomic E-state index is 12.9. The average molecular weight is 500 g/mol. The summed E-state index contributed by atoms with van der Waals surface area (Å²) < 4.78 is 21.1. The lowest BCUT2D eigenvalue weighted by Crippen LogP contribution is -2.17. The average Bonchev–Trinajstić information content (AvgIpc) is 3.54. The van der Waals surface area contributed by atoms with E-state index in [9.17, 15) is 9.59 Å². The van der Waals surface area contributed by atoms with Gasteiger partial charge in [0.1, 0.15) is 0 Å². The number of ether oxygens (including phenoxy) is 3. The number of rotatable bonds is 8. The van der Waals surface area contributed by atoms with E-state index >= 15 is 0 Å². The summed E-state index contributed by atoms with van der Waals surface area (Å²) in [7, 11) is 2.87. The van der Waals surface area contributed by atoms with Gasteiger partial charge in [-0.05, 0) is 23.6 Å². The normalized spacial score (nSPS) is 10.6. The first kappa shape index (κ1) is 23.3. The molecule has 0 bridgehead atoms. The third-order valence-electron chi connectivity index (χ3n) is 4.68. The molecule has 2 aromatic carbocycles. The van der Waals surface area contributed by atoms with Crippen molar-refractivity contribution < 1.29 is 28.3 Å². The number of anilines is 1. The van der Waals surface area contributed by atoms with E-state index in [4.69, 9.17) is 30.3 Å². The molecule has 2 aromatic heterocycles. The molecule has 0 radical (unpaired) electrons. The van der Waals surface area contributed by atoms with Crippen LogP contribution in [0.3, 0.4) is 0 Å². The van der Waals surface area contributed by atoms with E-state index in [-0.39, 0.29) is 40.1 Å². The van der Waals surface area contributed by atoms with Gasteiger partial charge in [0.25, 0.3) is 11.8 Å². The van der Waals surface area contributed by atoms with Crippen LogP contribution in [0, 0.1) is 0 Å². The SMILES string of the molecule is COc1cc(NC(=O)c2ccccc2Cl)c(C(=O)OCc2nc(-c3ccsc3)no2)cc1OC. The molecule has 1 N–H and O–H groups in total. The van der Waals surface area contributed by atoms with E-state index < -0.39 is 11.9 Å². The molecule has 0 spiro atoms. The molecule has 0 aliphatic carbocycles. The van der Waals surface area contributed by atoms with Crippen molar-refractivity contribution in [1.29, 1.82) is 0 Å². The van der Waals surface area contributed by atoms with Gasteiger partial charge in [0.15, 0.2) is 18.1 Å². The highest BCUT2D eigenvalue weighted by molar-refractivity contribution is 7.08. The van der Waals surface area contributed by atoms with Gasteiger partial charge in [-0.15, -0.1) is 0 Å². The first-order chi connectivity index (χ1) is 16.5. The molecule has 0 atom stereocenters. The topological polar surface area (TPSA) is 113 Å². The number of esters is 1. The Morgan fingerprint density at radius 3 is 2.56 bits per heavy atom. The van der Waals surface area contributed by atoms with Crippen LogP contribution in [0.15, 0.2) is 57.7 Å². The van der Waals surface area contributed by atoms with Crippen molar-refractivity contribution in [2.24, 2.45) is 0 Å². The summed E-state index contributed by atoms with van der Waals surface area (Å²) in [6.45, 7) is -0.262. The number of nitrogens with zero attached hydrogens (tertiary/aromatic N) is 2. The first-order valence-corrected chi connectivity index (χ1v) is 11.2. The van der Waals surface area contributed by atoms with Crippen LogP contribution in [0.5, 0.6) is 11.5 Å². The number of benzene rings is 2. The Bertz CT molecular complexity index is 1320. The lowest BCUT2D eigenvalue weighted by molar-refractivity contribution is 0.0430. The third kappa shape index (κ3) is 5.03. The summed E-state index contributed by atoms with van der Waals surface area (Å²) in [6, 6.07) is 11.3. The molecular weight excluding hydrogens is 482 g/mol. The number of thiophene rings is 1. The van der Waals surface area contributed by atoms with Crippen molar-refractivity contribution >= 4 is 40.5 Å². The highest BCUT2D eigenvalue weighted by atomic mass is 35.5. The molecule has 0 unspecified atom stereocenters. The van der Waals surface area contributed by atoms with Crippen LogP contribution < -0.4 is 14.8 Å². The summed E-state index contributed by atoms with van der Waals surface area (Å²) in [4.78, 5) is 30.0. The molecule has 0 aliphatic heterocycles. The molecule has 174 valence electrons. The minimum absolute atomic E-state index is 0.0376. The number of hydrogen-bond donors (Lipinski definition) is 1. The lowest BCUT2D eigenvalue weighted by atomic mass is 10.1. The van der Waals surface area contributed by atoms with Crippen LogP contribution in [0.2, 0.25) is 5.02 Å². The largest absolute Gasteiger partial charge is 0.493 e. The standard InChI is InChI=1S/C23H18ClN3O6S/c1-30-18-9-15(23(29)32-11-20-26-21(27-33-20)13-7-8-34-12-13)17(10-19(18)31-2)25-22(28)14-5-3-4-6-16(14)24/h3-10,12H,11H2,1-2H3,(H,25,28). The molecule has 1 amide bonds. The fourth-order valence-corrected chi connectivity index (χ4v) is 3.87. The molecule has 4 aromatic rings. The van der Waals surface area contributed by atoms with Gasteiger partial charge < -0.3 is 24.1 Å². The predicted molar refractivity (Wildman–Crippen MR) is 126 cm³/mol. The lowest BCUT2D eigenvalue weighted by Gasteiger charge is -2.15. The van der Waals surface area contributed by atoms with Crippen LogP contribution in [0.1, 0.15) is 26.6 Å². The van der Waals surface area contributed by atoms with E-state index in [1.165, 1.54) is 37.7 Å². The van der Waals surface area contributed by atoms with E-state index in [1.807, 2.05) is 16.8 Å². The zero-order chi connectivity index (χ0) is 24.1. The predicted octanol–water partition coefficient (Wildman–Crippen LogP) is 5.08. The highest BCUT2D eigenvalue weighted by Crippen LogP contribution is 2.34. The van der Waals surface area contributed by atoms with Gasteiger partial charge in [-0.25, -0.2) is 4.79 Å². The molecule has 9 nitrogen and oxygen atoms in total. The molecule has 2 heterocycles. The minimum atomic E-state index is -0.745. The van der Waals surface area contributed by atoms with Crippen LogP contribution >= 0.6 is 22.9 Å². The summed E-state index contributed by atoms with van der Waals surface area (Å²) in [5.41, 5.74) is 1.23. The number of amides is 1. The van der Waals surface area contributed by atoms with Crippen molar-refractivity contribution in [1.82, 2.24) is 10.1 Å². The third-order valence-corrected chi connectivity index (χ3v) is 5.70. The molecule has 34 heavy (non-hydrogen) atoms. The fraction of sp³-hybridized carbons (Fsp3) is 0.130. The molecule has 0 saturated heterocycles. The molecule has 0 aliphatic rings. The highest BCUT2D eigenvalue weighted by Gasteiger charge is 2.22. The number of methoxy groups -OCH3 is 2. The van der Waals surface area contributed by atoms with E-state index in [0.29, 0.717) is 11.6 Å². The zero-order valence-electron chi connectivity index (χ0n) is 18.0. The van der Waals surface area contributed by atoms with Crippen molar-refractivity contribution in [2.75, 3.05) is 19.5 Å². The smallest absolute Gasteiger partial charge is 0.340 e. The van der Waals surface area contributed by atoms with E-state index in [1.54, 1.807) is 24.3 Å². The van der Waals surface area contributed by atoms with Crippen LogP contribution in [0.4, 0.5) is 5.69 Å². The van der Waals surface area contributed by atoms with Crippen molar-refractivity contribution in [3.8, 4) is 22.9 Å². The van der Waals surface area contributed by atoms with Gasteiger partial charge in [-0.1, -0.05) is 28.9 Å². The van der Waals surface area contributed by atoms with Crippen molar-refractivity contribution in [2.45, 2.75) is 6.61 Å². The number of carbonyl (C=O) groups is 2. The van der Waals surface area contributed by atoms with Gasteiger partial charge in [0.05, 0.1) is 36.1 Å².